The van der Waals surface area contributed by atoms with Crippen molar-refractivity contribution in [3.8, 4) is 0 Å². The molecule has 2 aromatic rings. The number of rotatable bonds is 6. The Morgan fingerprint density at radius 1 is 1.19 bits per heavy atom. The lowest BCUT2D eigenvalue weighted by Crippen LogP contribution is -2.34. The van der Waals surface area contributed by atoms with Gasteiger partial charge in [-0.15, -0.1) is 0 Å². The van der Waals surface area contributed by atoms with Crippen molar-refractivity contribution in [2.24, 2.45) is 0 Å². The highest BCUT2D eigenvalue weighted by Gasteiger charge is 2.24. The summed E-state index contributed by atoms with van der Waals surface area (Å²) in [6.07, 6.45) is 0. The van der Waals surface area contributed by atoms with Crippen LogP contribution in [-0.4, -0.2) is 50.5 Å². The van der Waals surface area contributed by atoms with Gasteiger partial charge in [0.05, 0.1) is 10.6 Å². The van der Waals surface area contributed by atoms with Gasteiger partial charge in [-0.2, -0.15) is 0 Å². The van der Waals surface area contributed by atoms with E-state index in [2.05, 4.69) is 14.9 Å². The second kappa shape index (κ2) is 5.40. The van der Waals surface area contributed by atoms with E-state index < -0.39 is 30.0 Å². The fourth-order valence-corrected chi connectivity index (χ4v) is 1.80. The molecule has 0 aliphatic heterocycles. The van der Waals surface area contributed by atoms with Crippen molar-refractivity contribution in [1.29, 1.82) is 0 Å². The molecule has 0 bridgehead atoms. The summed E-state index contributed by atoms with van der Waals surface area (Å²) in [6, 6.07) is 2.29. The highest BCUT2D eigenvalue weighted by atomic mass is 16.6. The molecule has 0 fully saturated rings. The van der Waals surface area contributed by atoms with E-state index in [0.717, 1.165) is 11.0 Å². The van der Waals surface area contributed by atoms with Crippen molar-refractivity contribution in [1.82, 2.24) is 10.3 Å². The van der Waals surface area contributed by atoms with Gasteiger partial charge in [0.25, 0.3) is 0 Å². The van der Waals surface area contributed by atoms with Crippen LogP contribution >= 0.6 is 0 Å². The topological polar surface area (TPSA) is 160 Å². The maximum absolute atomic E-state index is 10.8. The second-order valence-electron chi connectivity index (χ2n) is 3.97. The number of nitro groups is 1. The number of non-ortho nitro benzene ring substituents is 1. The molecule has 11 nitrogen and oxygen atoms in total. The van der Waals surface area contributed by atoms with Crippen LogP contribution in [0.1, 0.15) is 0 Å². The first-order valence-corrected chi connectivity index (χ1v) is 5.48. The van der Waals surface area contributed by atoms with Gasteiger partial charge in [-0.3, -0.25) is 19.7 Å². The van der Waals surface area contributed by atoms with Crippen LogP contribution in [-0.2, 0) is 9.59 Å². The number of nitro benzene ring substituents is 1. The minimum Gasteiger partial charge on any atom is -0.480 e. The summed E-state index contributed by atoms with van der Waals surface area (Å²) in [5.41, 5.74) is -0.563. The smallest absolute Gasteiger partial charge is 0.323 e. The van der Waals surface area contributed by atoms with Crippen LogP contribution in [0.5, 0.6) is 0 Å². The van der Waals surface area contributed by atoms with Crippen LogP contribution in [0.25, 0.3) is 11.0 Å². The molecule has 11 heteroatoms. The van der Waals surface area contributed by atoms with Gasteiger partial charge in [-0.05, 0) is 16.4 Å². The third-order valence-electron chi connectivity index (χ3n) is 2.56. The molecule has 0 aliphatic rings. The minimum atomic E-state index is -1.26. The largest absolute Gasteiger partial charge is 0.480 e. The van der Waals surface area contributed by atoms with Crippen molar-refractivity contribution >= 4 is 34.3 Å². The van der Waals surface area contributed by atoms with Crippen LogP contribution < -0.4 is 4.90 Å². The molecular weight excluding hydrogens is 288 g/mol. The summed E-state index contributed by atoms with van der Waals surface area (Å²) in [6.45, 7) is -1.24. The van der Waals surface area contributed by atoms with Crippen LogP contribution in [0.3, 0.4) is 0 Å². The van der Waals surface area contributed by atoms with Gasteiger partial charge in [-0.25, -0.2) is 4.63 Å². The number of hydrogen-bond donors (Lipinski definition) is 2. The number of fused-ring (bicyclic) bond motifs is 1. The lowest BCUT2D eigenvalue weighted by molar-refractivity contribution is -0.383. The molecule has 1 aromatic heterocycles. The lowest BCUT2D eigenvalue weighted by Gasteiger charge is -2.20. The number of aromatic nitrogens is 2. The first-order valence-electron chi connectivity index (χ1n) is 5.48. The SMILES string of the molecule is O=C(O)CN(CC(=O)O)c1ccc([N+](=O)[O-])c2nonc12. The van der Waals surface area contributed by atoms with Crippen molar-refractivity contribution in [3.05, 3.63) is 22.2 Å². The predicted molar refractivity (Wildman–Crippen MR) is 65.9 cm³/mol. The highest BCUT2D eigenvalue weighted by molar-refractivity contribution is 5.96. The van der Waals surface area contributed by atoms with Gasteiger partial charge < -0.3 is 15.1 Å². The summed E-state index contributed by atoms with van der Waals surface area (Å²) < 4.78 is 4.43. The zero-order valence-electron chi connectivity index (χ0n) is 10.3. The number of hydrogen-bond acceptors (Lipinski definition) is 8. The highest BCUT2D eigenvalue weighted by Crippen LogP contribution is 2.30. The number of carbonyl (C=O) groups is 2. The number of carboxylic acid groups (broad SMARTS) is 2. The summed E-state index contributed by atoms with van der Waals surface area (Å²) in [5, 5.41) is 35.4. The predicted octanol–water partition coefficient (Wildman–Crippen LogP) is 0.107. The Morgan fingerprint density at radius 2 is 1.76 bits per heavy atom. The first-order chi connectivity index (χ1) is 9.90. The molecule has 0 radical (unpaired) electrons. The molecule has 2 rings (SSSR count). The Hall–Kier alpha value is -3.24. The molecule has 110 valence electrons. The molecule has 0 unspecified atom stereocenters. The molecule has 0 saturated heterocycles. The third-order valence-corrected chi connectivity index (χ3v) is 2.56. The average Bonchev–Trinajstić information content (AvgIpc) is 2.84. The van der Waals surface area contributed by atoms with Crippen LogP contribution in [0.15, 0.2) is 16.8 Å². The monoisotopic (exact) mass is 296 g/mol. The Bertz CT molecular complexity index is 709. The quantitative estimate of drug-likeness (QED) is 0.552. The van der Waals surface area contributed by atoms with Gasteiger partial charge in [0, 0.05) is 6.07 Å². The number of nitrogens with zero attached hydrogens (tertiary/aromatic N) is 4. The first kappa shape index (κ1) is 14.2. The van der Waals surface area contributed by atoms with Gasteiger partial charge in [0.15, 0.2) is 5.52 Å². The fraction of sp³-hybridized carbons (Fsp3) is 0.200. The maximum Gasteiger partial charge on any atom is 0.323 e. The zero-order valence-corrected chi connectivity index (χ0v) is 10.3. The van der Waals surface area contributed by atoms with E-state index >= 15 is 0 Å². The molecule has 2 N–H and O–H groups in total. The van der Waals surface area contributed by atoms with Gasteiger partial charge in [0.2, 0.25) is 5.52 Å². The number of carboxylic acids is 2. The van der Waals surface area contributed by atoms with Crippen molar-refractivity contribution in [3.63, 3.8) is 0 Å². The number of benzene rings is 1. The molecular formula is C10H8N4O7. The second-order valence-corrected chi connectivity index (χ2v) is 3.97. The summed E-state index contributed by atoms with van der Waals surface area (Å²) >= 11 is 0. The standard InChI is InChI=1S/C10H8N4O7/c15-7(16)3-13(4-8(17)18)5-1-2-6(14(19)20)10-9(5)11-21-12-10/h1-2H,3-4H2,(H,15,16)(H,17,18). The van der Waals surface area contributed by atoms with E-state index in [4.69, 9.17) is 10.2 Å². The van der Waals surface area contributed by atoms with Crippen LogP contribution in [0, 0.1) is 10.1 Å². The summed E-state index contributed by atoms with van der Waals surface area (Å²) in [5.74, 6) is -2.53. The van der Waals surface area contributed by atoms with Crippen molar-refractivity contribution in [2.45, 2.75) is 0 Å². The molecule has 1 heterocycles. The van der Waals surface area contributed by atoms with E-state index in [9.17, 15) is 19.7 Å². The minimum absolute atomic E-state index is 0.0710. The van der Waals surface area contributed by atoms with Gasteiger partial charge in [-0.1, -0.05) is 0 Å². The van der Waals surface area contributed by atoms with Crippen LogP contribution in [0.2, 0.25) is 0 Å². The zero-order chi connectivity index (χ0) is 15.6. The number of aliphatic carboxylic acids is 2. The van der Waals surface area contributed by atoms with E-state index in [1.807, 2.05) is 0 Å². The molecule has 0 aliphatic carbocycles. The van der Waals surface area contributed by atoms with Crippen molar-refractivity contribution in [2.75, 3.05) is 18.0 Å². The molecule has 0 spiro atoms. The average molecular weight is 296 g/mol. The van der Waals surface area contributed by atoms with E-state index in [0.29, 0.717) is 0 Å². The molecule has 21 heavy (non-hydrogen) atoms. The Morgan fingerprint density at radius 3 is 2.29 bits per heavy atom. The normalized spacial score (nSPS) is 10.5. The molecule has 1 aromatic carbocycles. The fourth-order valence-electron chi connectivity index (χ4n) is 1.80. The van der Waals surface area contributed by atoms with E-state index in [1.54, 1.807) is 0 Å². The summed E-state index contributed by atoms with van der Waals surface area (Å²) in [7, 11) is 0. The molecule has 0 atom stereocenters. The van der Waals surface area contributed by atoms with E-state index in [-0.39, 0.29) is 22.4 Å². The van der Waals surface area contributed by atoms with E-state index in [1.165, 1.54) is 6.07 Å². The van der Waals surface area contributed by atoms with Crippen molar-refractivity contribution < 1.29 is 29.4 Å². The van der Waals surface area contributed by atoms with Gasteiger partial charge >= 0.3 is 17.6 Å². The Labute approximate surface area is 115 Å². The molecule has 0 saturated carbocycles. The Kier molecular flexibility index (Phi) is 3.65. The Balaban J connectivity index is 2.55. The summed E-state index contributed by atoms with van der Waals surface area (Å²) in [4.78, 5) is 32.8. The lowest BCUT2D eigenvalue weighted by atomic mass is 10.2. The molecule has 0 amide bonds. The van der Waals surface area contributed by atoms with Gasteiger partial charge in [0.1, 0.15) is 13.1 Å². The maximum atomic E-state index is 10.8. The third kappa shape index (κ3) is 2.86. The number of anilines is 1. The van der Waals surface area contributed by atoms with Crippen LogP contribution in [0.4, 0.5) is 11.4 Å².